The van der Waals surface area contributed by atoms with Crippen molar-refractivity contribution in [3.8, 4) is 0 Å². The average molecular weight is 354 g/mol. The third-order valence-corrected chi connectivity index (χ3v) is 5.95. The van der Waals surface area contributed by atoms with Crippen LogP contribution in [-0.2, 0) is 19.3 Å². The number of hydrogen-bond donors (Lipinski definition) is 3. The lowest BCUT2D eigenvalue weighted by atomic mass is 9.39. The van der Waals surface area contributed by atoms with Gasteiger partial charge in [0.15, 0.2) is 12.7 Å². The molecule has 27 heavy (non-hydrogen) atoms. The predicted octanol–water partition coefficient (Wildman–Crippen LogP) is 3.18. The van der Waals surface area contributed by atoms with Crippen LogP contribution in [0.4, 0.5) is 5.69 Å². The largest absolute Gasteiger partial charge is 0.389 e. The van der Waals surface area contributed by atoms with Gasteiger partial charge in [-0.3, -0.25) is 0 Å². The van der Waals surface area contributed by atoms with E-state index >= 15 is 0 Å². The van der Waals surface area contributed by atoms with Gasteiger partial charge in [-0.2, -0.15) is 0 Å². The number of hydrogen-bond acceptors (Lipinski definition) is 4. The number of nitrogens with two attached hydrogens (primary N) is 1. The first-order chi connectivity index (χ1) is 13.1. The van der Waals surface area contributed by atoms with E-state index in [0.29, 0.717) is 25.2 Å². The number of fused-ring (bicyclic) bond motifs is 3. The molecule has 4 N–H and O–H groups in total. The summed E-state index contributed by atoms with van der Waals surface area (Å²) in [6.07, 6.45) is 2.13. The van der Waals surface area contributed by atoms with Crippen molar-refractivity contribution in [3.05, 3.63) is 76.8 Å². The predicted molar refractivity (Wildman–Crippen MR) is 115 cm³/mol. The second-order valence-electron chi connectivity index (χ2n) is 7.83. The lowest BCUT2D eigenvalue weighted by Gasteiger charge is -2.28. The standard InChI is InChI=1S/C22H23BN4/c1-13(2)17-5-3-4-14-9-21-23(10-18(14)17)11-20(26-21)15-6-7-16-12-25-22(24)27-19(16)8-15/h3-8,11,21,26H,1,9-10,12H2,2H3,(H3,24,25,27). The summed E-state index contributed by atoms with van der Waals surface area (Å²) >= 11 is 0. The molecule has 3 aliphatic rings. The molecule has 0 fully saturated rings. The zero-order valence-electron chi connectivity index (χ0n) is 15.5. The Morgan fingerprint density at radius 3 is 3.00 bits per heavy atom. The van der Waals surface area contributed by atoms with E-state index in [1.165, 1.54) is 33.5 Å². The fourth-order valence-corrected chi connectivity index (χ4v) is 4.55. The molecule has 0 saturated heterocycles. The number of benzene rings is 2. The fraction of sp³-hybridized carbons (Fsp3) is 0.227. The Kier molecular flexibility index (Phi) is 3.64. The number of aliphatic imine (C=N–C) groups is 1. The fourth-order valence-electron chi connectivity index (χ4n) is 4.55. The summed E-state index contributed by atoms with van der Waals surface area (Å²) in [5.41, 5.74) is 15.9. The molecule has 4 nitrogen and oxygen atoms in total. The molecule has 2 aromatic carbocycles. The van der Waals surface area contributed by atoms with Crippen molar-refractivity contribution in [2.24, 2.45) is 10.7 Å². The van der Waals surface area contributed by atoms with Crippen LogP contribution in [0.5, 0.6) is 0 Å². The van der Waals surface area contributed by atoms with Gasteiger partial charge in [-0.05, 0) is 53.5 Å². The summed E-state index contributed by atoms with van der Waals surface area (Å²) in [5, 5.41) is 6.95. The van der Waals surface area contributed by atoms with E-state index in [0.717, 1.165) is 24.0 Å². The van der Waals surface area contributed by atoms with Gasteiger partial charge in [0.05, 0.1) is 6.54 Å². The molecule has 5 rings (SSSR count). The van der Waals surface area contributed by atoms with Gasteiger partial charge in [0, 0.05) is 17.3 Å². The molecular weight excluding hydrogens is 331 g/mol. The van der Waals surface area contributed by atoms with Gasteiger partial charge in [0.2, 0.25) is 0 Å². The first-order valence-electron chi connectivity index (χ1n) is 9.54. The van der Waals surface area contributed by atoms with Gasteiger partial charge >= 0.3 is 0 Å². The SMILES string of the molecule is C=C(C)c1cccc2c1CB1C=C(c3ccc4c(c3)NC(N)=NC4)NC1C2. The van der Waals surface area contributed by atoms with Crippen LogP contribution in [0.15, 0.2) is 53.9 Å². The number of nitrogens with zero attached hydrogens (tertiary/aromatic N) is 1. The summed E-state index contributed by atoms with van der Waals surface area (Å²) in [4.78, 5) is 4.25. The quantitative estimate of drug-likeness (QED) is 0.726. The first-order valence-corrected chi connectivity index (χ1v) is 9.54. The van der Waals surface area contributed by atoms with Crippen LogP contribution in [-0.4, -0.2) is 18.6 Å². The second kappa shape index (κ2) is 6.05. The molecule has 0 amide bonds. The highest BCUT2D eigenvalue weighted by atomic mass is 15.1. The Balaban J connectivity index is 1.45. The van der Waals surface area contributed by atoms with Crippen LogP contribution in [0.25, 0.3) is 11.3 Å². The number of nitrogens with one attached hydrogen (secondary N) is 2. The molecular formula is C22H23BN4. The number of anilines is 1. The van der Waals surface area contributed by atoms with Crippen LogP contribution in [0.2, 0.25) is 0 Å². The highest BCUT2D eigenvalue weighted by Crippen LogP contribution is 2.33. The van der Waals surface area contributed by atoms with Gasteiger partial charge in [-0.15, -0.1) is 0 Å². The van der Waals surface area contributed by atoms with E-state index in [1.807, 2.05) is 0 Å². The van der Waals surface area contributed by atoms with Crippen molar-refractivity contribution in [1.29, 1.82) is 0 Å². The molecule has 0 aromatic heterocycles. The second-order valence-corrected chi connectivity index (χ2v) is 7.83. The minimum Gasteiger partial charge on any atom is -0.389 e. The van der Waals surface area contributed by atoms with E-state index in [4.69, 9.17) is 5.73 Å². The van der Waals surface area contributed by atoms with Crippen molar-refractivity contribution in [2.75, 3.05) is 5.32 Å². The summed E-state index contributed by atoms with van der Waals surface area (Å²) in [6.45, 7) is 7.43. The Labute approximate surface area is 160 Å². The highest BCUT2D eigenvalue weighted by Gasteiger charge is 2.36. The number of rotatable bonds is 2. The highest BCUT2D eigenvalue weighted by molar-refractivity contribution is 6.68. The topological polar surface area (TPSA) is 62.4 Å². The smallest absolute Gasteiger partial charge is 0.199 e. The van der Waals surface area contributed by atoms with Crippen LogP contribution >= 0.6 is 0 Å². The summed E-state index contributed by atoms with van der Waals surface area (Å²) in [6, 6.07) is 13.1. The van der Waals surface area contributed by atoms with Gasteiger partial charge in [0.25, 0.3) is 0 Å². The van der Waals surface area contributed by atoms with Gasteiger partial charge in [-0.25, -0.2) is 4.99 Å². The van der Waals surface area contributed by atoms with Crippen LogP contribution in [0, 0.1) is 0 Å². The maximum absolute atomic E-state index is 5.84. The van der Waals surface area contributed by atoms with E-state index in [-0.39, 0.29) is 0 Å². The van der Waals surface area contributed by atoms with Gasteiger partial charge < -0.3 is 16.4 Å². The van der Waals surface area contributed by atoms with E-state index in [2.05, 4.69) is 71.5 Å². The Morgan fingerprint density at radius 2 is 2.15 bits per heavy atom. The molecule has 134 valence electrons. The molecule has 3 heterocycles. The number of allylic oxidation sites excluding steroid dienone is 1. The molecule has 1 atom stereocenters. The molecule has 2 aromatic rings. The molecule has 5 heteroatoms. The normalized spacial score (nSPS) is 19.7. The van der Waals surface area contributed by atoms with E-state index in [9.17, 15) is 0 Å². The zero-order chi connectivity index (χ0) is 18.5. The lowest BCUT2D eigenvalue weighted by Crippen LogP contribution is -2.42. The molecule has 1 unspecified atom stereocenters. The van der Waals surface area contributed by atoms with Crippen molar-refractivity contribution in [3.63, 3.8) is 0 Å². The third kappa shape index (κ3) is 2.74. The molecule has 3 aliphatic heterocycles. The lowest BCUT2D eigenvalue weighted by molar-refractivity contribution is 0.749. The van der Waals surface area contributed by atoms with Gasteiger partial charge in [-0.1, -0.05) is 48.5 Å². The molecule has 0 radical (unpaired) electrons. The Hall–Kier alpha value is -2.95. The Morgan fingerprint density at radius 1 is 1.26 bits per heavy atom. The Bertz CT molecular complexity index is 1020. The van der Waals surface area contributed by atoms with Crippen LogP contribution in [0.3, 0.4) is 0 Å². The van der Waals surface area contributed by atoms with Gasteiger partial charge in [0.1, 0.15) is 0 Å². The first kappa shape index (κ1) is 16.2. The third-order valence-electron chi connectivity index (χ3n) is 5.95. The number of guanidine groups is 1. The van der Waals surface area contributed by atoms with Crippen molar-refractivity contribution in [1.82, 2.24) is 5.32 Å². The maximum atomic E-state index is 5.84. The monoisotopic (exact) mass is 354 g/mol. The van der Waals surface area contributed by atoms with Crippen molar-refractivity contribution >= 4 is 29.6 Å². The summed E-state index contributed by atoms with van der Waals surface area (Å²) in [7, 11) is 0. The van der Waals surface area contributed by atoms with Crippen LogP contribution < -0.4 is 16.4 Å². The van der Waals surface area contributed by atoms with E-state index < -0.39 is 0 Å². The van der Waals surface area contributed by atoms with Crippen LogP contribution in [0.1, 0.15) is 34.7 Å². The zero-order valence-corrected chi connectivity index (χ0v) is 15.5. The van der Waals surface area contributed by atoms with E-state index in [1.54, 1.807) is 0 Å². The molecule has 0 bridgehead atoms. The molecule has 0 saturated carbocycles. The maximum Gasteiger partial charge on any atom is 0.199 e. The molecule has 0 spiro atoms. The minimum absolute atomic E-state index is 0.462. The summed E-state index contributed by atoms with van der Waals surface area (Å²) in [5.74, 6) is 3.36. The summed E-state index contributed by atoms with van der Waals surface area (Å²) < 4.78 is 0. The minimum atomic E-state index is 0.462. The van der Waals surface area contributed by atoms with Crippen molar-refractivity contribution in [2.45, 2.75) is 32.2 Å². The molecule has 0 aliphatic carbocycles. The average Bonchev–Trinajstić information content (AvgIpc) is 3.07. The van der Waals surface area contributed by atoms with Crippen molar-refractivity contribution < 1.29 is 0 Å².